The van der Waals surface area contributed by atoms with Gasteiger partial charge < -0.3 is 0 Å². The van der Waals surface area contributed by atoms with E-state index in [-0.39, 0.29) is 10.8 Å². The van der Waals surface area contributed by atoms with E-state index in [1.165, 1.54) is 5.57 Å². The summed E-state index contributed by atoms with van der Waals surface area (Å²) in [6, 6.07) is 0. The zero-order chi connectivity index (χ0) is 14.8. The van der Waals surface area contributed by atoms with E-state index in [0.717, 1.165) is 38.5 Å². The van der Waals surface area contributed by atoms with Gasteiger partial charge in [-0.25, -0.2) is 0 Å². The summed E-state index contributed by atoms with van der Waals surface area (Å²) in [4.78, 5) is 24.1. The number of allylic oxidation sites excluding steroid dienone is 4. The van der Waals surface area contributed by atoms with Gasteiger partial charge in [-0.15, -0.1) is 0 Å². The van der Waals surface area contributed by atoms with Gasteiger partial charge in [-0.3, -0.25) is 9.59 Å². The lowest BCUT2D eigenvalue weighted by atomic mass is 9.52. The Morgan fingerprint density at radius 3 is 2.71 bits per heavy atom. The van der Waals surface area contributed by atoms with Gasteiger partial charge >= 0.3 is 0 Å². The Bertz CT molecular complexity index is 597. The highest BCUT2D eigenvalue weighted by Gasteiger charge is 2.55. The van der Waals surface area contributed by atoms with Gasteiger partial charge in [0.15, 0.2) is 5.78 Å². The van der Waals surface area contributed by atoms with Crippen molar-refractivity contribution in [1.29, 1.82) is 0 Å². The molecule has 0 N–H and O–H groups in total. The van der Waals surface area contributed by atoms with Gasteiger partial charge in [0, 0.05) is 23.7 Å². The number of ketones is 2. The summed E-state index contributed by atoms with van der Waals surface area (Å²) in [5.74, 6) is 1.90. The van der Waals surface area contributed by atoms with E-state index in [0.29, 0.717) is 29.8 Å². The molecule has 0 radical (unpaired) electrons. The molecular formula is C19H24O2. The molecule has 2 unspecified atom stereocenters. The summed E-state index contributed by atoms with van der Waals surface area (Å²) in [5, 5.41) is 0. The molecule has 0 aromatic rings. The van der Waals surface area contributed by atoms with Crippen molar-refractivity contribution in [2.24, 2.45) is 22.7 Å². The lowest BCUT2D eigenvalue weighted by Gasteiger charge is -2.52. The van der Waals surface area contributed by atoms with Crippen molar-refractivity contribution in [3.63, 3.8) is 0 Å². The molecular weight excluding hydrogens is 260 g/mol. The second-order valence-corrected chi connectivity index (χ2v) is 7.96. The molecule has 0 bridgehead atoms. The molecule has 0 aromatic heterocycles. The summed E-state index contributed by atoms with van der Waals surface area (Å²) in [6.07, 6.45) is 10.9. The first-order valence-electron chi connectivity index (χ1n) is 8.43. The van der Waals surface area contributed by atoms with Crippen molar-refractivity contribution >= 4 is 11.6 Å². The van der Waals surface area contributed by atoms with E-state index >= 15 is 0 Å². The minimum absolute atomic E-state index is 0.101. The first-order valence-corrected chi connectivity index (χ1v) is 8.43. The average Bonchev–Trinajstić information content (AvgIpc) is 2.76. The zero-order valence-electron chi connectivity index (χ0n) is 13.1. The summed E-state index contributed by atoms with van der Waals surface area (Å²) in [6.45, 7) is 4.53. The fourth-order valence-electron chi connectivity index (χ4n) is 5.64. The Hall–Kier alpha value is -1.18. The highest BCUT2D eigenvalue weighted by Crippen LogP contribution is 2.62. The maximum absolute atomic E-state index is 12.3. The van der Waals surface area contributed by atoms with Crippen LogP contribution in [0.5, 0.6) is 0 Å². The molecule has 2 nitrogen and oxygen atoms in total. The number of Topliss-reactive ketones (excluding diaryl/α,β-unsaturated/α-hetero) is 1. The predicted molar refractivity (Wildman–Crippen MR) is 81.7 cm³/mol. The highest BCUT2D eigenvalue weighted by atomic mass is 16.1. The molecule has 4 atom stereocenters. The fourth-order valence-corrected chi connectivity index (χ4v) is 5.64. The highest BCUT2D eigenvalue weighted by molar-refractivity contribution is 5.92. The fraction of sp³-hybridized carbons (Fsp3) is 0.684. The third-order valence-electron chi connectivity index (χ3n) is 7.05. The van der Waals surface area contributed by atoms with Gasteiger partial charge in [0.05, 0.1) is 0 Å². The van der Waals surface area contributed by atoms with E-state index < -0.39 is 0 Å². The number of rotatable bonds is 0. The SMILES string of the molecule is C[C@]12CCC(=O)C=C1CCC1C2=CC[C@]2(C)C(=O)CCC12. The minimum Gasteiger partial charge on any atom is -0.299 e. The quantitative estimate of drug-likeness (QED) is 0.630. The molecule has 2 heteroatoms. The molecule has 0 heterocycles. The molecule has 112 valence electrons. The van der Waals surface area contributed by atoms with Gasteiger partial charge in [-0.05, 0) is 50.0 Å². The van der Waals surface area contributed by atoms with Crippen molar-refractivity contribution in [3.05, 3.63) is 23.3 Å². The number of carbonyl (C=O) groups excluding carboxylic acids is 2. The van der Waals surface area contributed by atoms with Gasteiger partial charge in [-0.2, -0.15) is 0 Å². The Kier molecular flexibility index (Phi) is 2.68. The largest absolute Gasteiger partial charge is 0.299 e. The molecule has 0 aliphatic heterocycles. The van der Waals surface area contributed by atoms with Crippen molar-refractivity contribution in [2.75, 3.05) is 0 Å². The molecule has 0 aromatic carbocycles. The molecule has 21 heavy (non-hydrogen) atoms. The third-order valence-corrected chi connectivity index (χ3v) is 7.05. The van der Waals surface area contributed by atoms with E-state index in [4.69, 9.17) is 0 Å². The van der Waals surface area contributed by atoms with Crippen molar-refractivity contribution < 1.29 is 9.59 Å². The topological polar surface area (TPSA) is 34.1 Å². The summed E-state index contributed by atoms with van der Waals surface area (Å²) >= 11 is 0. The lowest BCUT2D eigenvalue weighted by Crippen LogP contribution is -2.44. The number of carbonyl (C=O) groups is 2. The van der Waals surface area contributed by atoms with Crippen molar-refractivity contribution in [1.82, 2.24) is 0 Å². The van der Waals surface area contributed by atoms with Crippen LogP contribution in [-0.2, 0) is 9.59 Å². The van der Waals surface area contributed by atoms with Crippen molar-refractivity contribution in [3.8, 4) is 0 Å². The van der Waals surface area contributed by atoms with Gasteiger partial charge in [-0.1, -0.05) is 31.1 Å². The molecule has 0 amide bonds. The number of fused-ring (bicyclic) bond motifs is 5. The predicted octanol–water partition coefficient (Wildman–Crippen LogP) is 4.01. The number of hydrogen-bond donors (Lipinski definition) is 0. The molecule has 2 saturated carbocycles. The van der Waals surface area contributed by atoms with E-state index in [2.05, 4.69) is 19.9 Å². The molecule has 0 saturated heterocycles. The van der Waals surface area contributed by atoms with Crippen LogP contribution in [0.2, 0.25) is 0 Å². The zero-order valence-corrected chi connectivity index (χ0v) is 13.1. The van der Waals surface area contributed by atoms with Crippen LogP contribution in [-0.4, -0.2) is 11.6 Å². The van der Waals surface area contributed by atoms with Gasteiger partial charge in [0.25, 0.3) is 0 Å². The van der Waals surface area contributed by atoms with E-state index in [1.54, 1.807) is 5.57 Å². The summed E-state index contributed by atoms with van der Waals surface area (Å²) < 4.78 is 0. The maximum Gasteiger partial charge on any atom is 0.155 e. The Balaban J connectivity index is 1.78. The van der Waals surface area contributed by atoms with Crippen LogP contribution >= 0.6 is 0 Å². The smallest absolute Gasteiger partial charge is 0.155 e. The maximum atomic E-state index is 12.3. The Morgan fingerprint density at radius 1 is 1.10 bits per heavy atom. The normalized spacial score (nSPS) is 45.4. The molecule has 0 spiro atoms. The molecule has 4 aliphatic rings. The van der Waals surface area contributed by atoms with Crippen LogP contribution in [0.4, 0.5) is 0 Å². The van der Waals surface area contributed by atoms with Crippen LogP contribution in [0.3, 0.4) is 0 Å². The van der Waals surface area contributed by atoms with Crippen LogP contribution in [0.15, 0.2) is 23.3 Å². The monoisotopic (exact) mass is 284 g/mol. The Labute approximate surface area is 126 Å². The first kappa shape index (κ1) is 13.5. The first-order chi connectivity index (χ1) is 9.95. The summed E-state index contributed by atoms with van der Waals surface area (Å²) in [5.41, 5.74) is 2.92. The van der Waals surface area contributed by atoms with E-state index in [1.807, 2.05) is 6.08 Å². The third kappa shape index (κ3) is 1.65. The minimum atomic E-state index is -0.101. The lowest BCUT2D eigenvalue weighted by molar-refractivity contribution is -0.127. The van der Waals surface area contributed by atoms with Crippen molar-refractivity contribution in [2.45, 2.75) is 58.8 Å². The van der Waals surface area contributed by atoms with Gasteiger partial charge in [0.1, 0.15) is 5.78 Å². The molecule has 2 fully saturated rings. The summed E-state index contributed by atoms with van der Waals surface area (Å²) in [7, 11) is 0. The second kappa shape index (κ2) is 4.18. The Morgan fingerprint density at radius 2 is 1.90 bits per heavy atom. The van der Waals surface area contributed by atoms with E-state index in [9.17, 15) is 9.59 Å². The average molecular weight is 284 g/mol. The van der Waals surface area contributed by atoms with Crippen LogP contribution in [0, 0.1) is 22.7 Å². The molecule has 4 rings (SSSR count). The van der Waals surface area contributed by atoms with Crippen LogP contribution < -0.4 is 0 Å². The van der Waals surface area contributed by atoms with Crippen LogP contribution in [0.25, 0.3) is 0 Å². The second-order valence-electron chi connectivity index (χ2n) is 7.96. The van der Waals surface area contributed by atoms with Crippen LogP contribution in [0.1, 0.15) is 58.8 Å². The van der Waals surface area contributed by atoms with Gasteiger partial charge in [0.2, 0.25) is 0 Å². The molecule has 4 aliphatic carbocycles. The standard InChI is InChI=1S/C19H24O2/c1-18-9-7-13(20)11-12(18)3-4-14-15-5-6-17(21)19(15,2)10-8-16(14)18/h8,11,14-15H,3-7,9-10H2,1-2H3/t14?,15?,18-,19-/m0/s1. The number of hydrogen-bond acceptors (Lipinski definition) is 2.